The van der Waals surface area contributed by atoms with Gasteiger partial charge in [0.1, 0.15) is 0 Å². The monoisotopic (exact) mass is 312 g/mol. The maximum Gasteiger partial charge on any atom is 0.279 e. The fourth-order valence-corrected chi connectivity index (χ4v) is 3.84. The average Bonchev–Trinajstić information content (AvgIpc) is 2.53. The minimum absolute atomic E-state index is 0.151. The Hall–Kier alpha value is -0.950. The number of aliphatic hydroxyl groups excluding tert-OH is 1. The predicted octanol–water partition coefficient (Wildman–Crippen LogP) is 1.16. The van der Waals surface area contributed by atoms with Gasteiger partial charge in [-0.3, -0.25) is 0 Å². The molecule has 0 bridgehead atoms. The van der Waals surface area contributed by atoms with Crippen LogP contribution in [-0.4, -0.2) is 44.1 Å². The number of aliphatic hydroxyl groups is 1. The lowest BCUT2D eigenvalue weighted by Gasteiger charge is -2.30. The third-order valence-electron chi connectivity index (χ3n) is 3.94. The Balaban J connectivity index is 1.72. The third kappa shape index (κ3) is 5.07. The van der Waals surface area contributed by atoms with E-state index in [1.54, 1.807) is 0 Å². The third-order valence-corrected chi connectivity index (χ3v) is 5.56. The van der Waals surface area contributed by atoms with E-state index in [0.29, 0.717) is 19.6 Å². The van der Waals surface area contributed by atoms with E-state index >= 15 is 0 Å². The van der Waals surface area contributed by atoms with E-state index < -0.39 is 10.2 Å². The first-order chi connectivity index (χ1) is 10.1. The first-order valence-electron chi connectivity index (χ1n) is 7.51. The number of hydrogen-bond donors (Lipinski definition) is 2. The van der Waals surface area contributed by atoms with Crippen molar-refractivity contribution in [3.63, 3.8) is 0 Å². The van der Waals surface area contributed by atoms with Gasteiger partial charge in [0.15, 0.2) is 0 Å². The molecule has 6 heteroatoms. The van der Waals surface area contributed by atoms with Crippen molar-refractivity contribution in [3.05, 3.63) is 35.9 Å². The van der Waals surface area contributed by atoms with Crippen molar-refractivity contribution < 1.29 is 13.5 Å². The second-order valence-corrected chi connectivity index (χ2v) is 7.27. The van der Waals surface area contributed by atoms with Crippen LogP contribution in [0.3, 0.4) is 0 Å². The summed E-state index contributed by atoms with van der Waals surface area (Å²) >= 11 is 0. The van der Waals surface area contributed by atoms with Crippen LogP contribution in [0.1, 0.15) is 24.8 Å². The second-order valence-electron chi connectivity index (χ2n) is 5.51. The summed E-state index contributed by atoms with van der Waals surface area (Å²) in [5, 5.41) is 9.08. The molecule has 1 saturated heterocycles. The Morgan fingerprint density at radius 1 is 1.19 bits per heavy atom. The molecule has 1 heterocycles. The highest BCUT2D eigenvalue weighted by molar-refractivity contribution is 7.87. The van der Waals surface area contributed by atoms with Crippen LogP contribution in [0.5, 0.6) is 0 Å². The first-order valence-corrected chi connectivity index (χ1v) is 8.95. The molecular weight excluding hydrogens is 288 g/mol. The van der Waals surface area contributed by atoms with Gasteiger partial charge in [0, 0.05) is 26.2 Å². The number of rotatable bonds is 7. The Bertz CT molecular complexity index is 511. The van der Waals surface area contributed by atoms with Crippen LogP contribution < -0.4 is 4.72 Å². The summed E-state index contributed by atoms with van der Waals surface area (Å²) in [5.41, 5.74) is 1.22. The summed E-state index contributed by atoms with van der Waals surface area (Å²) in [5.74, 6) is 0.245. The fourth-order valence-electron chi connectivity index (χ4n) is 2.56. The van der Waals surface area contributed by atoms with Gasteiger partial charge < -0.3 is 5.11 Å². The van der Waals surface area contributed by atoms with E-state index in [-0.39, 0.29) is 12.5 Å². The van der Waals surface area contributed by atoms with Crippen LogP contribution in [0, 0.1) is 5.92 Å². The quantitative estimate of drug-likeness (QED) is 0.742. The minimum Gasteiger partial charge on any atom is -0.396 e. The van der Waals surface area contributed by atoms with Crippen molar-refractivity contribution in [1.82, 2.24) is 9.03 Å². The molecule has 118 valence electrons. The summed E-state index contributed by atoms with van der Waals surface area (Å²) in [6.45, 7) is 1.61. The molecule has 5 nitrogen and oxygen atoms in total. The Labute approximate surface area is 127 Å². The fraction of sp³-hybridized carbons (Fsp3) is 0.600. The lowest BCUT2D eigenvalue weighted by atomic mass is 10.00. The van der Waals surface area contributed by atoms with Crippen molar-refractivity contribution in [2.24, 2.45) is 5.92 Å². The highest BCUT2D eigenvalue weighted by Crippen LogP contribution is 2.18. The van der Waals surface area contributed by atoms with Crippen LogP contribution in [-0.2, 0) is 16.6 Å². The normalized spacial score (nSPS) is 18.0. The van der Waals surface area contributed by atoms with Gasteiger partial charge in [-0.15, -0.1) is 0 Å². The Morgan fingerprint density at radius 2 is 1.86 bits per heavy atom. The Morgan fingerprint density at radius 3 is 2.48 bits per heavy atom. The molecule has 0 saturated carbocycles. The van der Waals surface area contributed by atoms with Gasteiger partial charge in [-0.25, -0.2) is 4.72 Å². The summed E-state index contributed by atoms with van der Waals surface area (Å²) in [6.07, 6.45) is 3.13. The number of aryl methyl sites for hydroxylation is 1. The molecule has 0 spiro atoms. The number of hydrogen-bond acceptors (Lipinski definition) is 3. The van der Waals surface area contributed by atoms with Gasteiger partial charge >= 0.3 is 0 Å². The zero-order valence-corrected chi connectivity index (χ0v) is 13.1. The van der Waals surface area contributed by atoms with Gasteiger partial charge in [-0.05, 0) is 37.2 Å². The highest BCUT2D eigenvalue weighted by atomic mass is 32.2. The summed E-state index contributed by atoms with van der Waals surface area (Å²) in [7, 11) is -3.37. The molecule has 0 aliphatic carbocycles. The maximum absolute atomic E-state index is 12.1. The number of piperidine rings is 1. The SMILES string of the molecule is O=S(=O)(NCCCc1ccccc1)N1CCC(CO)CC1. The average molecular weight is 312 g/mol. The predicted molar refractivity (Wildman–Crippen MR) is 83.1 cm³/mol. The summed E-state index contributed by atoms with van der Waals surface area (Å²) in [4.78, 5) is 0. The summed E-state index contributed by atoms with van der Waals surface area (Å²) in [6, 6.07) is 10.1. The molecule has 0 radical (unpaired) electrons. The van der Waals surface area contributed by atoms with Crippen molar-refractivity contribution >= 4 is 10.2 Å². The lowest BCUT2D eigenvalue weighted by Crippen LogP contribution is -2.45. The molecule has 1 aliphatic heterocycles. The van der Waals surface area contributed by atoms with Crippen LogP contribution in [0.25, 0.3) is 0 Å². The van der Waals surface area contributed by atoms with Gasteiger partial charge in [-0.2, -0.15) is 12.7 Å². The van der Waals surface area contributed by atoms with Crippen LogP contribution >= 0.6 is 0 Å². The van der Waals surface area contributed by atoms with Gasteiger partial charge in [-0.1, -0.05) is 30.3 Å². The molecule has 0 aromatic heterocycles. The van der Waals surface area contributed by atoms with Gasteiger partial charge in [0.25, 0.3) is 10.2 Å². The molecule has 0 amide bonds. The van der Waals surface area contributed by atoms with E-state index in [0.717, 1.165) is 25.7 Å². The van der Waals surface area contributed by atoms with E-state index in [9.17, 15) is 8.42 Å². The molecule has 0 atom stereocenters. The van der Waals surface area contributed by atoms with E-state index in [4.69, 9.17) is 5.11 Å². The first kappa shape index (κ1) is 16.4. The van der Waals surface area contributed by atoms with Crippen LogP contribution in [0.2, 0.25) is 0 Å². The molecule has 0 unspecified atom stereocenters. The zero-order chi connectivity index (χ0) is 15.1. The number of nitrogens with one attached hydrogen (secondary N) is 1. The van der Waals surface area contributed by atoms with E-state index in [1.165, 1.54) is 9.87 Å². The molecule has 2 rings (SSSR count). The van der Waals surface area contributed by atoms with Crippen molar-refractivity contribution in [2.45, 2.75) is 25.7 Å². The lowest BCUT2D eigenvalue weighted by molar-refractivity contribution is 0.169. The Kier molecular flexibility index (Phi) is 6.17. The molecule has 21 heavy (non-hydrogen) atoms. The minimum atomic E-state index is -3.37. The molecular formula is C15H24N2O3S. The van der Waals surface area contributed by atoms with Crippen LogP contribution in [0.15, 0.2) is 30.3 Å². The maximum atomic E-state index is 12.1. The van der Waals surface area contributed by atoms with E-state index in [1.807, 2.05) is 30.3 Å². The standard InChI is InChI=1S/C15H24N2O3S/c18-13-15-8-11-17(12-9-15)21(19,20)16-10-4-7-14-5-2-1-3-6-14/h1-3,5-6,15-16,18H,4,7-13H2. The number of benzene rings is 1. The second kappa shape index (κ2) is 7.89. The molecule has 1 fully saturated rings. The highest BCUT2D eigenvalue weighted by Gasteiger charge is 2.26. The van der Waals surface area contributed by atoms with E-state index in [2.05, 4.69) is 4.72 Å². The molecule has 1 aliphatic rings. The van der Waals surface area contributed by atoms with Gasteiger partial charge in [0.05, 0.1) is 0 Å². The smallest absolute Gasteiger partial charge is 0.279 e. The molecule has 1 aromatic rings. The topological polar surface area (TPSA) is 69.6 Å². The molecule has 1 aromatic carbocycles. The van der Waals surface area contributed by atoms with Crippen LogP contribution in [0.4, 0.5) is 0 Å². The molecule has 2 N–H and O–H groups in total. The van der Waals surface area contributed by atoms with Gasteiger partial charge in [0.2, 0.25) is 0 Å². The van der Waals surface area contributed by atoms with Crippen molar-refractivity contribution in [2.75, 3.05) is 26.2 Å². The van der Waals surface area contributed by atoms with Crippen molar-refractivity contribution in [1.29, 1.82) is 0 Å². The largest absolute Gasteiger partial charge is 0.396 e. The number of nitrogens with zero attached hydrogens (tertiary/aromatic N) is 1. The summed E-state index contributed by atoms with van der Waals surface area (Å²) < 4.78 is 28.4. The zero-order valence-electron chi connectivity index (χ0n) is 12.2. The van der Waals surface area contributed by atoms with Crippen molar-refractivity contribution in [3.8, 4) is 0 Å².